The number of aryl methyl sites for hydroxylation is 2. The van der Waals surface area contributed by atoms with Crippen molar-refractivity contribution in [3.8, 4) is 0 Å². The maximum absolute atomic E-state index is 3.56. The van der Waals surface area contributed by atoms with Crippen LogP contribution in [0.25, 0.3) is 0 Å². The van der Waals surface area contributed by atoms with Crippen LogP contribution in [0.4, 0.5) is 0 Å². The van der Waals surface area contributed by atoms with Crippen LogP contribution >= 0.6 is 15.9 Å². The van der Waals surface area contributed by atoms with E-state index in [0.29, 0.717) is 0 Å². The lowest BCUT2D eigenvalue weighted by Gasteiger charge is -2.05. The van der Waals surface area contributed by atoms with Gasteiger partial charge in [0.25, 0.3) is 0 Å². The van der Waals surface area contributed by atoms with Crippen LogP contribution in [0.1, 0.15) is 29.0 Å². The van der Waals surface area contributed by atoms with Crippen LogP contribution in [0.15, 0.2) is 18.2 Å². The van der Waals surface area contributed by atoms with Gasteiger partial charge in [-0.25, -0.2) is 0 Å². The molecule has 1 heteroatoms. The maximum atomic E-state index is 3.56. The molecule has 1 aliphatic rings. The minimum atomic E-state index is 0.833. The molecule has 0 saturated heterocycles. The topological polar surface area (TPSA) is 0 Å². The minimum Gasteiger partial charge on any atom is -0.0925 e. The zero-order valence-electron chi connectivity index (χ0n) is 8.18. The second-order valence-electron chi connectivity index (χ2n) is 4.12. The third-order valence-corrected chi connectivity index (χ3v) is 3.79. The Morgan fingerprint density at radius 2 is 2.15 bits per heavy atom. The summed E-state index contributed by atoms with van der Waals surface area (Å²) < 4.78 is 0. The van der Waals surface area contributed by atoms with Crippen LogP contribution in [0.5, 0.6) is 0 Å². The molecular weight excluding hydrogens is 224 g/mol. The van der Waals surface area contributed by atoms with Gasteiger partial charge in [-0.3, -0.25) is 0 Å². The van der Waals surface area contributed by atoms with Crippen molar-refractivity contribution < 1.29 is 0 Å². The fourth-order valence-electron chi connectivity index (χ4n) is 1.96. The highest BCUT2D eigenvalue weighted by atomic mass is 79.9. The van der Waals surface area contributed by atoms with Gasteiger partial charge in [0.1, 0.15) is 0 Å². The molecule has 0 amide bonds. The number of halogens is 1. The SMILES string of the molecule is Cc1ccc(C)c(C2CC2CBr)c1. The Labute approximate surface area is 88.5 Å². The summed E-state index contributed by atoms with van der Waals surface area (Å²) in [6.07, 6.45) is 1.37. The third-order valence-electron chi connectivity index (χ3n) is 2.95. The van der Waals surface area contributed by atoms with E-state index < -0.39 is 0 Å². The molecule has 2 atom stereocenters. The molecular formula is C12H15Br. The van der Waals surface area contributed by atoms with E-state index in [1.165, 1.54) is 17.5 Å². The van der Waals surface area contributed by atoms with Gasteiger partial charge in [0.2, 0.25) is 0 Å². The quantitative estimate of drug-likeness (QED) is 0.688. The summed E-state index contributed by atoms with van der Waals surface area (Å²) in [5.74, 6) is 1.72. The second kappa shape index (κ2) is 3.45. The predicted octanol–water partition coefficient (Wildman–Crippen LogP) is 3.80. The van der Waals surface area contributed by atoms with Gasteiger partial charge >= 0.3 is 0 Å². The Balaban J connectivity index is 2.25. The summed E-state index contributed by atoms with van der Waals surface area (Å²) in [7, 11) is 0. The molecule has 1 saturated carbocycles. The standard InChI is InChI=1S/C12H15Br/c1-8-3-4-9(2)11(5-8)12-6-10(12)7-13/h3-5,10,12H,6-7H2,1-2H3. The fourth-order valence-corrected chi connectivity index (χ4v) is 2.67. The first kappa shape index (κ1) is 9.26. The summed E-state index contributed by atoms with van der Waals surface area (Å²) in [4.78, 5) is 0. The first-order chi connectivity index (χ1) is 6.22. The summed E-state index contributed by atoms with van der Waals surface area (Å²) >= 11 is 3.56. The van der Waals surface area contributed by atoms with Crippen molar-refractivity contribution in [2.45, 2.75) is 26.2 Å². The van der Waals surface area contributed by atoms with Gasteiger partial charge in [-0.05, 0) is 43.2 Å². The van der Waals surface area contributed by atoms with Crippen molar-refractivity contribution in [1.82, 2.24) is 0 Å². The van der Waals surface area contributed by atoms with Crippen molar-refractivity contribution >= 4 is 15.9 Å². The molecule has 1 aromatic rings. The highest BCUT2D eigenvalue weighted by Gasteiger charge is 2.37. The molecule has 0 N–H and O–H groups in total. The van der Waals surface area contributed by atoms with E-state index in [-0.39, 0.29) is 0 Å². The first-order valence-electron chi connectivity index (χ1n) is 4.85. The molecule has 0 radical (unpaired) electrons. The highest BCUT2D eigenvalue weighted by Crippen LogP contribution is 2.49. The molecule has 0 spiro atoms. The number of hydrogen-bond donors (Lipinski definition) is 0. The van der Waals surface area contributed by atoms with Gasteiger partial charge in [-0.1, -0.05) is 39.7 Å². The average molecular weight is 239 g/mol. The predicted molar refractivity (Wildman–Crippen MR) is 60.6 cm³/mol. The Morgan fingerprint density at radius 3 is 2.77 bits per heavy atom. The lowest BCUT2D eigenvalue weighted by Crippen LogP contribution is -1.89. The van der Waals surface area contributed by atoms with E-state index in [2.05, 4.69) is 48.0 Å². The second-order valence-corrected chi connectivity index (χ2v) is 4.76. The number of rotatable bonds is 2. The first-order valence-corrected chi connectivity index (χ1v) is 5.97. The molecule has 70 valence electrons. The molecule has 2 unspecified atom stereocenters. The molecule has 0 aliphatic heterocycles. The van der Waals surface area contributed by atoms with Crippen molar-refractivity contribution in [3.63, 3.8) is 0 Å². The molecule has 1 aliphatic carbocycles. The van der Waals surface area contributed by atoms with Gasteiger partial charge in [0.15, 0.2) is 0 Å². The third kappa shape index (κ3) is 1.80. The normalized spacial score (nSPS) is 26.1. The Kier molecular flexibility index (Phi) is 2.46. The Hall–Kier alpha value is -0.300. The van der Waals surface area contributed by atoms with Crippen LogP contribution in [-0.2, 0) is 0 Å². The van der Waals surface area contributed by atoms with E-state index in [1.807, 2.05) is 0 Å². The van der Waals surface area contributed by atoms with Gasteiger partial charge in [-0.2, -0.15) is 0 Å². The average Bonchev–Trinajstić information content (AvgIpc) is 2.88. The summed E-state index contributed by atoms with van der Waals surface area (Å²) in [5.41, 5.74) is 4.42. The number of alkyl halides is 1. The summed E-state index contributed by atoms with van der Waals surface area (Å²) in [6.45, 7) is 4.40. The van der Waals surface area contributed by atoms with Crippen molar-refractivity contribution in [2.24, 2.45) is 5.92 Å². The number of benzene rings is 1. The Bertz CT molecular complexity index is 317. The minimum absolute atomic E-state index is 0.833. The maximum Gasteiger partial charge on any atom is 0.00657 e. The fraction of sp³-hybridized carbons (Fsp3) is 0.500. The van der Waals surface area contributed by atoms with Crippen molar-refractivity contribution in [1.29, 1.82) is 0 Å². The molecule has 0 aromatic heterocycles. The van der Waals surface area contributed by atoms with Crippen molar-refractivity contribution in [3.05, 3.63) is 34.9 Å². The molecule has 2 rings (SSSR count). The monoisotopic (exact) mass is 238 g/mol. The smallest absolute Gasteiger partial charge is 0.00657 e. The van der Waals surface area contributed by atoms with Gasteiger partial charge in [0, 0.05) is 5.33 Å². The summed E-state index contributed by atoms with van der Waals surface area (Å²) in [6, 6.07) is 6.79. The van der Waals surface area contributed by atoms with Crippen LogP contribution in [0.3, 0.4) is 0 Å². The molecule has 1 aromatic carbocycles. The van der Waals surface area contributed by atoms with E-state index in [9.17, 15) is 0 Å². The zero-order valence-corrected chi connectivity index (χ0v) is 9.76. The molecule has 0 heterocycles. The highest BCUT2D eigenvalue weighted by molar-refractivity contribution is 9.09. The molecule has 13 heavy (non-hydrogen) atoms. The molecule has 1 fully saturated rings. The van der Waals surface area contributed by atoms with Gasteiger partial charge in [0.05, 0.1) is 0 Å². The lowest BCUT2D eigenvalue weighted by molar-refractivity contribution is 0.927. The van der Waals surface area contributed by atoms with E-state index in [1.54, 1.807) is 5.56 Å². The van der Waals surface area contributed by atoms with E-state index in [0.717, 1.165) is 17.2 Å². The van der Waals surface area contributed by atoms with Crippen LogP contribution in [0.2, 0.25) is 0 Å². The van der Waals surface area contributed by atoms with Crippen LogP contribution < -0.4 is 0 Å². The van der Waals surface area contributed by atoms with E-state index >= 15 is 0 Å². The van der Waals surface area contributed by atoms with Gasteiger partial charge < -0.3 is 0 Å². The van der Waals surface area contributed by atoms with E-state index in [4.69, 9.17) is 0 Å². The number of hydrogen-bond acceptors (Lipinski definition) is 0. The molecule has 0 nitrogen and oxygen atoms in total. The largest absolute Gasteiger partial charge is 0.0925 e. The zero-order chi connectivity index (χ0) is 9.42. The summed E-state index contributed by atoms with van der Waals surface area (Å²) in [5, 5.41) is 1.16. The lowest BCUT2D eigenvalue weighted by atomic mass is 10.0. The van der Waals surface area contributed by atoms with Gasteiger partial charge in [-0.15, -0.1) is 0 Å². The van der Waals surface area contributed by atoms with Crippen LogP contribution in [0, 0.1) is 19.8 Å². The molecule has 0 bridgehead atoms. The van der Waals surface area contributed by atoms with Crippen molar-refractivity contribution in [2.75, 3.05) is 5.33 Å². The Morgan fingerprint density at radius 1 is 1.38 bits per heavy atom. The van der Waals surface area contributed by atoms with Crippen LogP contribution in [-0.4, -0.2) is 5.33 Å².